The molecular formula is C26H30N2O4. The molecule has 2 aromatic carbocycles. The minimum atomic E-state index is -0.592. The van der Waals surface area contributed by atoms with Crippen molar-refractivity contribution >= 4 is 17.5 Å². The van der Waals surface area contributed by atoms with Crippen LogP contribution in [0.15, 0.2) is 59.9 Å². The van der Waals surface area contributed by atoms with Gasteiger partial charge in [-0.25, -0.2) is 0 Å². The number of ether oxygens (including phenoxy) is 1. The third kappa shape index (κ3) is 5.13. The maximum atomic E-state index is 12.7. The molecule has 6 nitrogen and oxygen atoms in total. The summed E-state index contributed by atoms with van der Waals surface area (Å²) in [6, 6.07) is 15.1. The topological polar surface area (TPSA) is 87.7 Å². The van der Waals surface area contributed by atoms with Gasteiger partial charge in [0.1, 0.15) is 17.1 Å². The van der Waals surface area contributed by atoms with Gasteiger partial charge in [0, 0.05) is 18.2 Å². The zero-order chi connectivity index (χ0) is 22.5. The number of aliphatic hydroxyl groups is 1. The van der Waals surface area contributed by atoms with E-state index in [0.717, 1.165) is 11.3 Å². The molecule has 1 heterocycles. The van der Waals surface area contributed by atoms with E-state index in [1.54, 1.807) is 7.11 Å². The second kappa shape index (κ2) is 9.90. The van der Waals surface area contributed by atoms with Crippen LogP contribution in [0.4, 0.5) is 5.69 Å². The summed E-state index contributed by atoms with van der Waals surface area (Å²) in [5.41, 5.74) is 2.67. The fourth-order valence-corrected chi connectivity index (χ4v) is 4.68. The van der Waals surface area contributed by atoms with Crippen molar-refractivity contribution in [3.05, 3.63) is 71.0 Å². The van der Waals surface area contributed by atoms with E-state index in [4.69, 9.17) is 4.74 Å². The number of methoxy groups -OCH3 is 1. The van der Waals surface area contributed by atoms with Crippen molar-refractivity contribution in [3.63, 3.8) is 0 Å². The van der Waals surface area contributed by atoms with Gasteiger partial charge in [0.15, 0.2) is 0 Å². The Morgan fingerprint density at radius 2 is 1.88 bits per heavy atom. The lowest BCUT2D eigenvalue weighted by atomic mass is 9.84. The summed E-state index contributed by atoms with van der Waals surface area (Å²) in [5, 5.41) is 16.1. The first-order valence-corrected chi connectivity index (χ1v) is 11.3. The van der Waals surface area contributed by atoms with Crippen molar-refractivity contribution in [1.82, 2.24) is 5.32 Å². The van der Waals surface area contributed by atoms with Gasteiger partial charge in [0.2, 0.25) is 0 Å². The van der Waals surface area contributed by atoms with Crippen LogP contribution in [-0.2, 0) is 16.0 Å². The number of carbonyl (C=O) groups is 2. The first-order chi connectivity index (χ1) is 15.5. The molecule has 6 heteroatoms. The van der Waals surface area contributed by atoms with Gasteiger partial charge >= 0.3 is 0 Å². The van der Waals surface area contributed by atoms with Crippen LogP contribution >= 0.6 is 0 Å². The lowest BCUT2D eigenvalue weighted by Crippen LogP contribution is -2.44. The van der Waals surface area contributed by atoms with Crippen molar-refractivity contribution in [3.8, 4) is 5.75 Å². The van der Waals surface area contributed by atoms with Crippen LogP contribution in [0.5, 0.6) is 5.75 Å². The Morgan fingerprint density at radius 1 is 1.12 bits per heavy atom. The third-order valence-electron chi connectivity index (χ3n) is 6.38. The molecular weight excluding hydrogens is 404 g/mol. The van der Waals surface area contributed by atoms with Gasteiger partial charge in [0.25, 0.3) is 11.8 Å². The molecule has 1 atom stereocenters. The molecule has 2 aromatic rings. The molecule has 4 rings (SSSR count). The van der Waals surface area contributed by atoms with Crippen LogP contribution in [-0.4, -0.2) is 30.1 Å². The predicted octanol–water partition coefficient (Wildman–Crippen LogP) is 4.62. The smallest absolute Gasteiger partial charge is 0.264 e. The maximum Gasteiger partial charge on any atom is 0.264 e. The molecule has 1 fully saturated rings. The molecule has 2 aliphatic rings. The molecule has 1 aliphatic heterocycles. The standard InChI is InChI=1S/C26H30N2O4/c1-32-22-9-5-6-17(15-22)14-21-16-23(29)24(26(31)28-21)25(30)27-20-12-10-19(11-13-20)18-7-3-2-4-8-18/h5-6,9-13,15,18,21,29H,2-4,7-8,14,16H2,1H3,(H,27,30)(H,28,31). The first kappa shape index (κ1) is 21.9. The number of nitrogens with one attached hydrogen (secondary N) is 2. The Labute approximate surface area is 188 Å². The van der Waals surface area contributed by atoms with Crippen molar-refractivity contribution in [2.24, 2.45) is 0 Å². The number of anilines is 1. The Balaban J connectivity index is 1.39. The number of aliphatic hydroxyl groups excluding tert-OH is 1. The zero-order valence-corrected chi connectivity index (χ0v) is 18.4. The molecule has 168 valence electrons. The average Bonchev–Trinajstić information content (AvgIpc) is 2.80. The number of hydrogen-bond acceptors (Lipinski definition) is 4. The largest absolute Gasteiger partial charge is 0.511 e. The Kier molecular flexibility index (Phi) is 6.78. The summed E-state index contributed by atoms with van der Waals surface area (Å²) in [4.78, 5) is 25.3. The van der Waals surface area contributed by atoms with Gasteiger partial charge in [-0.2, -0.15) is 0 Å². The summed E-state index contributed by atoms with van der Waals surface area (Å²) in [5.74, 6) is -0.00828. The Bertz CT molecular complexity index is 1010. The maximum absolute atomic E-state index is 12.7. The summed E-state index contributed by atoms with van der Waals surface area (Å²) in [6.07, 6.45) is 7.00. The van der Waals surface area contributed by atoms with Crippen molar-refractivity contribution < 1.29 is 19.4 Å². The molecule has 1 aliphatic carbocycles. The molecule has 3 N–H and O–H groups in total. The second-order valence-corrected chi connectivity index (χ2v) is 8.66. The highest BCUT2D eigenvalue weighted by Gasteiger charge is 2.31. The van der Waals surface area contributed by atoms with Crippen molar-refractivity contribution in [1.29, 1.82) is 0 Å². The molecule has 0 spiro atoms. The average molecular weight is 435 g/mol. The molecule has 2 amide bonds. The molecule has 1 unspecified atom stereocenters. The zero-order valence-electron chi connectivity index (χ0n) is 18.4. The SMILES string of the molecule is COc1cccc(CC2CC(O)=C(C(=O)Nc3ccc(C4CCCCC4)cc3)C(=O)N2)c1. The predicted molar refractivity (Wildman–Crippen MR) is 124 cm³/mol. The second-order valence-electron chi connectivity index (χ2n) is 8.66. The molecule has 0 bridgehead atoms. The lowest BCUT2D eigenvalue weighted by molar-refractivity contribution is -0.122. The van der Waals surface area contributed by atoms with Gasteiger partial charge in [-0.15, -0.1) is 0 Å². The van der Waals surface area contributed by atoms with Crippen LogP contribution in [0.3, 0.4) is 0 Å². The summed E-state index contributed by atoms with van der Waals surface area (Å²) >= 11 is 0. The quantitative estimate of drug-likeness (QED) is 0.579. The van der Waals surface area contributed by atoms with Crippen LogP contribution in [0.2, 0.25) is 0 Å². The van der Waals surface area contributed by atoms with Crippen molar-refractivity contribution in [2.45, 2.75) is 56.9 Å². The van der Waals surface area contributed by atoms with E-state index in [9.17, 15) is 14.7 Å². The van der Waals surface area contributed by atoms with Gasteiger partial charge in [0.05, 0.1) is 7.11 Å². The lowest BCUT2D eigenvalue weighted by Gasteiger charge is -2.25. The highest BCUT2D eigenvalue weighted by atomic mass is 16.5. The molecule has 0 aromatic heterocycles. The first-order valence-electron chi connectivity index (χ1n) is 11.3. The fourth-order valence-electron chi connectivity index (χ4n) is 4.68. The van der Waals surface area contributed by atoms with Crippen LogP contribution < -0.4 is 15.4 Å². The number of benzene rings is 2. The van der Waals surface area contributed by atoms with Crippen molar-refractivity contribution in [2.75, 3.05) is 12.4 Å². The number of hydrogen-bond donors (Lipinski definition) is 3. The number of amides is 2. The van der Waals surface area contributed by atoms with Crippen LogP contribution in [0.1, 0.15) is 55.6 Å². The molecule has 1 saturated carbocycles. The molecule has 0 radical (unpaired) electrons. The third-order valence-corrected chi connectivity index (χ3v) is 6.38. The Morgan fingerprint density at radius 3 is 2.56 bits per heavy atom. The van der Waals surface area contributed by atoms with Gasteiger partial charge < -0.3 is 20.5 Å². The molecule has 0 saturated heterocycles. The minimum absolute atomic E-state index is 0.182. The highest BCUT2D eigenvalue weighted by Crippen LogP contribution is 2.33. The normalized spacial score (nSPS) is 19.4. The molecule has 32 heavy (non-hydrogen) atoms. The van der Waals surface area contributed by atoms with E-state index in [-0.39, 0.29) is 23.8 Å². The van der Waals surface area contributed by atoms with Gasteiger partial charge in [-0.1, -0.05) is 43.5 Å². The summed E-state index contributed by atoms with van der Waals surface area (Å²) < 4.78 is 5.23. The Hall–Kier alpha value is -3.28. The van der Waals surface area contributed by atoms with E-state index in [1.807, 2.05) is 48.5 Å². The monoisotopic (exact) mass is 434 g/mol. The van der Waals surface area contributed by atoms with E-state index < -0.39 is 11.8 Å². The van der Waals surface area contributed by atoms with E-state index in [2.05, 4.69) is 10.6 Å². The number of rotatable bonds is 6. The van der Waals surface area contributed by atoms with Crippen LogP contribution in [0.25, 0.3) is 0 Å². The minimum Gasteiger partial charge on any atom is -0.511 e. The van der Waals surface area contributed by atoms with Gasteiger partial charge in [-0.3, -0.25) is 9.59 Å². The van der Waals surface area contributed by atoms with E-state index in [0.29, 0.717) is 18.0 Å². The van der Waals surface area contributed by atoms with Crippen LogP contribution in [0, 0.1) is 0 Å². The summed E-state index contributed by atoms with van der Waals surface area (Å²) in [7, 11) is 1.60. The van der Waals surface area contributed by atoms with E-state index >= 15 is 0 Å². The van der Waals surface area contributed by atoms with Gasteiger partial charge in [-0.05, 0) is 60.6 Å². The van der Waals surface area contributed by atoms with E-state index in [1.165, 1.54) is 37.7 Å². The highest BCUT2D eigenvalue weighted by molar-refractivity contribution is 6.23. The fraction of sp³-hybridized carbons (Fsp3) is 0.385. The summed E-state index contributed by atoms with van der Waals surface area (Å²) in [6.45, 7) is 0. The number of carbonyl (C=O) groups excluding carboxylic acids is 2.